The molecule has 4 N–H and O–H groups in total. The van der Waals surface area contributed by atoms with Gasteiger partial charge in [-0.1, -0.05) is 6.92 Å². The van der Waals surface area contributed by atoms with E-state index in [9.17, 15) is 9.18 Å². The van der Waals surface area contributed by atoms with Crippen molar-refractivity contribution < 1.29 is 9.18 Å². The zero-order valence-corrected chi connectivity index (χ0v) is 11.1. The molecule has 1 aromatic rings. The van der Waals surface area contributed by atoms with Crippen molar-refractivity contribution >= 4 is 11.6 Å². The van der Waals surface area contributed by atoms with Gasteiger partial charge in [0.25, 0.3) is 0 Å². The first-order chi connectivity index (χ1) is 9.04. The Hall–Kier alpha value is -1.62. The van der Waals surface area contributed by atoms with Crippen LogP contribution in [0.15, 0.2) is 18.2 Å². The molecule has 0 aromatic heterocycles. The maximum absolute atomic E-state index is 14.1. The standard InChI is InChI=1S/C14H20FN3O/c1-9-3-2-6-18(13(9)8-16)12-5-4-10(14(17)19)7-11(12)15/h4-5,7,9,13H,2-3,6,8,16H2,1H3,(H2,17,19). The molecule has 104 valence electrons. The van der Waals surface area contributed by atoms with E-state index in [4.69, 9.17) is 11.5 Å². The van der Waals surface area contributed by atoms with E-state index >= 15 is 0 Å². The van der Waals surface area contributed by atoms with Crippen molar-refractivity contribution in [1.82, 2.24) is 0 Å². The Labute approximate surface area is 112 Å². The van der Waals surface area contributed by atoms with E-state index < -0.39 is 11.7 Å². The fourth-order valence-electron chi connectivity index (χ4n) is 2.80. The van der Waals surface area contributed by atoms with Gasteiger partial charge in [0.05, 0.1) is 5.69 Å². The van der Waals surface area contributed by atoms with Crippen molar-refractivity contribution in [1.29, 1.82) is 0 Å². The quantitative estimate of drug-likeness (QED) is 0.869. The number of nitrogens with zero attached hydrogens (tertiary/aromatic N) is 1. The molecule has 0 aliphatic carbocycles. The van der Waals surface area contributed by atoms with E-state index in [0.29, 0.717) is 18.2 Å². The number of nitrogens with two attached hydrogens (primary N) is 2. The van der Waals surface area contributed by atoms with Crippen LogP contribution >= 0.6 is 0 Å². The van der Waals surface area contributed by atoms with Crippen LogP contribution in [0.3, 0.4) is 0 Å². The van der Waals surface area contributed by atoms with Crippen molar-refractivity contribution in [3.05, 3.63) is 29.6 Å². The molecule has 1 heterocycles. The van der Waals surface area contributed by atoms with Crippen LogP contribution < -0.4 is 16.4 Å². The molecule has 1 aliphatic rings. The SMILES string of the molecule is CC1CCCN(c2ccc(C(N)=O)cc2F)C1CN. The third-order valence-electron chi connectivity index (χ3n) is 3.90. The van der Waals surface area contributed by atoms with Gasteiger partial charge in [-0.15, -0.1) is 0 Å². The summed E-state index contributed by atoms with van der Waals surface area (Å²) in [6.45, 7) is 3.43. The minimum atomic E-state index is -0.618. The zero-order chi connectivity index (χ0) is 14.0. The summed E-state index contributed by atoms with van der Waals surface area (Å²) >= 11 is 0. The molecule has 1 aromatic carbocycles. The lowest BCUT2D eigenvalue weighted by Crippen LogP contribution is -2.49. The summed E-state index contributed by atoms with van der Waals surface area (Å²) in [5.41, 5.74) is 11.7. The van der Waals surface area contributed by atoms with Gasteiger partial charge in [0.1, 0.15) is 5.82 Å². The first-order valence-corrected chi connectivity index (χ1v) is 6.60. The predicted molar refractivity (Wildman–Crippen MR) is 73.5 cm³/mol. The minimum absolute atomic E-state index is 0.141. The number of anilines is 1. The summed E-state index contributed by atoms with van der Waals surface area (Å²) in [4.78, 5) is 13.0. The maximum atomic E-state index is 14.1. The third-order valence-corrected chi connectivity index (χ3v) is 3.90. The molecule has 2 atom stereocenters. The number of rotatable bonds is 3. The smallest absolute Gasteiger partial charge is 0.248 e. The number of primary amides is 1. The second-order valence-corrected chi connectivity index (χ2v) is 5.15. The monoisotopic (exact) mass is 265 g/mol. The van der Waals surface area contributed by atoms with Crippen molar-refractivity contribution in [3.63, 3.8) is 0 Å². The molecular formula is C14H20FN3O. The van der Waals surface area contributed by atoms with Crippen LogP contribution in [0.25, 0.3) is 0 Å². The van der Waals surface area contributed by atoms with E-state index in [-0.39, 0.29) is 11.6 Å². The van der Waals surface area contributed by atoms with E-state index in [0.717, 1.165) is 19.4 Å². The van der Waals surface area contributed by atoms with Gasteiger partial charge >= 0.3 is 0 Å². The number of amides is 1. The van der Waals surface area contributed by atoms with Gasteiger partial charge < -0.3 is 16.4 Å². The molecule has 1 aliphatic heterocycles. The molecule has 4 nitrogen and oxygen atoms in total. The van der Waals surface area contributed by atoms with E-state index in [1.54, 1.807) is 12.1 Å². The Bertz CT molecular complexity index is 478. The lowest BCUT2D eigenvalue weighted by Gasteiger charge is -2.41. The number of benzene rings is 1. The van der Waals surface area contributed by atoms with Crippen molar-refractivity contribution in [2.24, 2.45) is 17.4 Å². The number of carbonyl (C=O) groups is 1. The molecule has 0 bridgehead atoms. The molecule has 1 saturated heterocycles. The normalized spacial score (nSPS) is 23.4. The fraction of sp³-hybridized carbons (Fsp3) is 0.500. The van der Waals surface area contributed by atoms with Gasteiger partial charge in [-0.05, 0) is 37.0 Å². The largest absolute Gasteiger partial charge is 0.366 e. The number of halogens is 1. The van der Waals surface area contributed by atoms with Gasteiger partial charge in [-0.25, -0.2) is 4.39 Å². The van der Waals surface area contributed by atoms with E-state index in [1.807, 2.05) is 4.90 Å². The van der Waals surface area contributed by atoms with Crippen LogP contribution in [0.1, 0.15) is 30.1 Å². The van der Waals surface area contributed by atoms with Crippen LogP contribution in [0.5, 0.6) is 0 Å². The molecular weight excluding hydrogens is 245 g/mol. The summed E-state index contributed by atoms with van der Waals surface area (Å²) in [6, 6.07) is 4.52. The average molecular weight is 265 g/mol. The molecule has 2 unspecified atom stereocenters. The fourth-order valence-corrected chi connectivity index (χ4v) is 2.80. The Morgan fingerprint density at radius 1 is 1.53 bits per heavy atom. The third kappa shape index (κ3) is 2.71. The Kier molecular flexibility index (Phi) is 4.04. The Morgan fingerprint density at radius 3 is 2.84 bits per heavy atom. The van der Waals surface area contributed by atoms with Gasteiger partial charge in [0.15, 0.2) is 0 Å². The molecule has 1 fully saturated rings. The summed E-state index contributed by atoms with van der Waals surface area (Å²) in [5.74, 6) is -0.592. The van der Waals surface area contributed by atoms with Crippen LogP contribution in [-0.4, -0.2) is 25.0 Å². The summed E-state index contributed by atoms with van der Waals surface area (Å²) < 4.78 is 14.1. The Morgan fingerprint density at radius 2 is 2.26 bits per heavy atom. The highest BCUT2D eigenvalue weighted by molar-refractivity contribution is 5.93. The first kappa shape index (κ1) is 13.8. The molecule has 5 heteroatoms. The first-order valence-electron chi connectivity index (χ1n) is 6.60. The van der Waals surface area contributed by atoms with Crippen LogP contribution in [0.4, 0.5) is 10.1 Å². The van der Waals surface area contributed by atoms with Crippen LogP contribution in [0.2, 0.25) is 0 Å². The zero-order valence-electron chi connectivity index (χ0n) is 11.1. The van der Waals surface area contributed by atoms with Crippen LogP contribution in [-0.2, 0) is 0 Å². The summed E-state index contributed by atoms with van der Waals surface area (Å²) in [7, 11) is 0. The molecule has 1 amide bonds. The molecule has 0 spiro atoms. The van der Waals surface area contributed by atoms with Gasteiger partial charge in [-0.2, -0.15) is 0 Å². The highest BCUT2D eigenvalue weighted by Crippen LogP contribution is 2.30. The van der Waals surface area contributed by atoms with E-state index in [1.165, 1.54) is 6.07 Å². The second-order valence-electron chi connectivity index (χ2n) is 5.15. The topological polar surface area (TPSA) is 72.3 Å². The second kappa shape index (κ2) is 5.57. The van der Waals surface area contributed by atoms with Crippen molar-refractivity contribution in [2.45, 2.75) is 25.8 Å². The van der Waals surface area contributed by atoms with Gasteiger partial charge in [0.2, 0.25) is 5.91 Å². The van der Waals surface area contributed by atoms with Gasteiger partial charge in [-0.3, -0.25) is 4.79 Å². The minimum Gasteiger partial charge on any atom is -0.366 e. The Balaban J connectivity index is 2.32. The lowest BCUT2D eigenvalue weighted by molar-refractivity contribution is 0.1000. The average Bonchev–Trinajstić information content (AvgIpc) is 2.38. The molecule has 2 rings (SSSR count). The maximum Gasteiger partial charge on any atom is 0.248 e. The van der Waals surface area contributed by atoms with E-state index in [2.05, 4.69) is 6.92 Å². The highest BCUT2D eigenvalue weighted by Gasteiger charge is 2.29. The van der Waals surface area contributed by atoms with Crippen molar-refractivity contribution in [2.75, 3.05) is 18.0 Å². The number of hydrogen-bond acceptors (Lipinski definition) is 3. The van der Waals surface area contributed by atoms with Crippen molar-refractivity contribution in [3.8, 4) is 0 Å². The summed E-state index contributed by atoms with van der Waals surface area (Å²) in [5, 5.41) is 0. The molecule has 0 saturated carbocycles. The predicted octanol–water partition coefficient (Wildman–Crippen LogP) is 1.49. The number of piperidine rings is 1. The molecule has 0 radical (unpaired) electrons. The number of hydrogen-bond donors (Lipinski definition) is 2. The number of carbonyl (C=O) groups excluding carboxylic acids is 1. The highest BCUT2D eigenvalue weighted by atomic mass is 19.1. The van der Waals surface area contributed by atoms with Crippen LogP contribution in [0, 0.1) is 11.7 Å². The lowest BCUT2D eigenvalue weighted by atomic mass is 9.90. The van der Waals surface area contributed by atoms with Gasteiger partial charge in [0, 0.05) is 24.7 Å². The molecule has 19 heavy (non-hydrogen) atoms. The summed E-state index contributed by atoms with van der Waals surface area (Å²) in [6.07, 6.45) is 2.13.